The number of ketones is 2. The molecule has 16 nitrogen and oxygen atoms in total. The lowest BCUT2D eigenvalue weighted by Crippen LogP contribution is -2.54. The molecule has 13 atom stereocenters. The SMILES string of the molecule is CO[C@H]1CC2CCCC(O2)C(=O)C(=O)N2CCCC[C@H]2C(=O)O[C@H]([C@H](C)C[C@@H]2CC[C@@H](OC(=O)Oc3ccc([N+](=O)[O-])cc3)[C@H](OC)C2)CC[C@H](C)/C=C(\C)[C@@H](O)CC(=O)[C@H](C)C[C@H](C)/C=C/C=CC=C1C. The number of ether oxygens (including phenoxy) is 6. The van der Waals surface area contributed by atoms with Gasteiger partial charge in [0.1, 0.15) is 35.9 Å². The Morgan fingerprint density at radius 1 is 0.847 bits per heavy atom. The Balaban J connectivity index is 1.33. The molecule has 5 rings (SSSR count). The summed E-state index contributed by atoms with van der Waals surface area (Å²) >= 11 is 0. The molecule has 1 aliphatic carbocycles. The molecular formula is C56H80N2O14. The van der Waals surface area contributed by atoms with Crippen molar-refractivity contribution < 1.29 is 62.4 Å². The van der Waals surface area contributed by atoms with Crippen LogP contribution in [0.1, 0.15) is 138 Å². The molecule has 0 aromatic heterocycles. The maximum atomic E-state index is 14.5. The highest BCUT2D eigenvalue weighted by atomic mass is 16.7. The molecule has 1 amide bonds. The lowest BCUT2D eigenvalue weighted by molar-refractivity contribution is -0.384. The van der Waals surface area contributed by atoms with Crippen LogP contribution in [0, 0.1) is 39.7 Å². The number of rotatable bonds is 8. The smallest absolute Gasteiger partial charge is 0.461 e. The Hall–Kier alpha value is -5.03. The molecule has 2 bridgehead atoms. The first-order valence-electron chi connectivity index (χ1n) is 26.2. The Morgan fingerprint density at radius 2 is 1.60 bits per heavy atom. The number of nitro benzene ring substituents is 1. The Kier molecular flexibility index (Phi) is 22.8. The zero-order chi connectivity index (χ0) is 52.5. The number of Topliss-reactive ketones (excluding diaryl/α,β-unsaturated/α-hetero) is 2. The quantitative estimate of drug-likeness (QED) is 0.0642. The molecule has 4 aliphatic rings. The Morgan fingerprint density at radius 3 is 2.31 bits per heavy atom. The number of hydrogen-bond donors (Lipinski definition) is 1. The van der Waals surface area contributed by atoms with E-state index < -0.39 is 65.3 Å². The van der Waals surface area contributed by atoms with Crippen molar-refractivity contribution in [3.63, 3.8) is 0 Å². The number of piperidine rings is 1. The molecule has 3 fully saturated rings. The number of cyclic esters (lactones) is 1. The molecule has 2 saturated heterocycles. The minimum Gasteiger partial charge on any atom is -0.461 e. The van der Waals surface area contributed by atoms with Crippen LogP contribution in [-0.2, 0) is 42.9 Å². The van der Waals surface area contributed by atoms with E-state index in [1.807, 2.05) is 65.0 Å². The van der Waals surface area contributed by atoms with Gasteiger partial charge in [0.25, 0.3) is 11.6 Å². The van der Waals surface area contributed by atoms with E-state index in [1.54, 1.807) is 14.2 Å². The number of carbonyl (C=O) groups excluding carboxylic acids is 5. The fourth-order valence-electron chi connectivity index (χ4n) is 10.7. The normalized spacial score (nSPS) is 33.0. The second kappa shape index (κ2) is 28.4. The van der Waals surface area contributed by atoms with E-state index in [0.717, 1.165) is 12.0 Å². The van der Waals surface area contributed by atoms with Gasteiger partial charge in [0.05, 0.1) is 29.3 Å². The average Bonchev–Trinajstić information content (AvgIpc) is 3.36. The van der Waals surface area contributed by atoms with Crippen LogP contribution in [0.5, 0.6) is 5.75 Å². The van der Waals surface area contributed by atoms with E-state index in [9.17, 15) is 39.2 Å². The van der Waals surface area contributed by atoms with Crippen LogP contribution in [0.4, 0.5) is 10.5 Å². The molecule has 1 saturated carbocycles. The minimum atomic E-state index is -0.945. The van der Waals surface area contributed by atoms with E-state index in [0.29, 0.717) is 89.0 Å². The molecule has 398 valence electrons. The number of aliphatic hydroxyl groups is 1. The first kappa shape index (κ1) is 57.9. The fraction of sp³-hybridized carbons (Fsp3) is 0.661. The number of benzene rings is 1. The lowest BCUT2D eigenvalue weighted by atomic mass is 9.78. The molecule has 0 spiro atoms. The van der Waals surface area contributed by atoms with E-state index in [2.05, 4.69) is 13.0 Å². The van der Waals surface area contributed by atoms with Crippen molar-refractivity contribution in [2.24, 2.45) is 29.6 Å². The highest BCUT2D eigenvalue weighted by Gasteiger charge is 2.42. The van der Waals surface area contributed by atoms with Crippen molar-refractivity contribution >= 4 is 35.3 Å². The van der Waals surface area contributed by atoms with Crippen LogP contribution in [0.25, 0.3) is 0 Å². The molecule has 1 aromatic carbocycles. The van der Waals surface area contributed by atoms with Crippen LogP contribution in [0.3, 0.4) is 0 Å². The summed E-state index contributed by atoms with van der Waals surface area (Å²) in [5.74, 6) is -2.04. The maximum Gasteiger partial charge on any atom is 0.514 e. The molecule has 2 unspecified atom stereocenters. The van der Waals surface area contributed by atoms with Gasteiger partial charge in [-0.2, -0.15) is 0 Å². The number of amides is 1. The van der Waals surface area contributed by atoms with Crippen molar-refractivity contribution in [2.45, 2.75) is 187 Å². The first-order chi connectivity index (χ1) is 34.4. The number of methoxy groups -OCH3 is 2. The third-order valence-corrected chi connectivity index (χ3v) is 15.1. The largest absolute Gasteiger partial charge is 0.514 e. The Bertz CT molecular complexity index is 2120. The van der Waals surface area contributed by atoms with Gasteiger partial charge in [-0.15, -0.1) is 0 Å². The van der Waals surface area contributed by atoms with Gasteiger partial charge in [-0.05, 0) is 144 Å². The molecule has 72 heavy (non-hydrogen) atoms. The number of nitrogens with zero attached hydrogens (tertiary/aromatic N) is 2. The van der Waals surface area contributed by atoms with Crippen LogP contribution >= 0.6 is 0 Å². The lowest BCUT2D eigenvalue weighted by Gasteiger charge is -2.38. The van der Waals surface area contributed by atoms with E-state index >= 15 is 0 Å². The van der Waals surface area contributed by atoms with Gasteiger partial charge in [0.15, 0.2) is 0 Å². The van der Waals surface area contributed by atoms with Crippen molar-refractivity contribution in [2.75, 3.05) is 20.8 Å². The van der Waals surface area contributed by atoms with Crippen molar-refractivity contribution in [1.29, 1.82) is 0 Å². The summed E-state index contributed by atoms with van der Waals surface area (Å²) in [7, 11) is 3.20. The highest BCUT2D eigenvalue weighted by molar-refractivity contribution is 6.38. The topological polar surface area (TPSA) is 207 Å². The van der Waals surface area contributed by atoms with Gasteiger partial charge in [-0.25, -0.2) is 9.59 Å². The first-order valence-corrected chi connectivity index (χ1v) is 26.2. The summed E-state index contributed by atoms with van der Waals surface area (Å²) in [5, 5.41) is 22.3. The van der Waals surface area contributed by atoms with Crippen LogP contribution in [0.2, 0.25) is 0 Å². The molecule has 3 heterocycles. The third kappa shape index (κ3) is 17.3. The average molecular weight is 1010 g/mol. The van der Waals surface area contributed by atoms with E-state index in [-0.39, 0.29) is 72.0 Å². The molecule has 3 aliphatic heterocycles. The summed E-state index contributed by atoms with van der Waals surface area (Å²) in [5.41, 5.74) is 1.54. The zero-order valence-electron chi connectivity index (χ0n) is 43.7. The second-order valence-corrected chi connectivity index (χ2v) is 20.9. The summed E-state index contributed by atoms with van der Waals surface area (Å²) in [6, 6.07) is 4.18. The Labute approximate surface area is 426 Å². The van der Waals surface area contributed by atoms with Gasteiger partial charge in [-0.3, -0.25) is 24.5 Å². The number of nitro groups is 1. The molecule has 1 aromatic rings. The summed E-state index contributed by atoms with van der Waals surface area (Å²) in [6.45, 7) is 12.1. The number of esters is 1. The highest BCUT2D eigenvalue weighted by Crippen LogP contribution is 2.36. The zero-order valence-corrected chi connectivity index (χ0v) is 43.7. The minimum absolute atomic E-state index is 0.00341. The van der Waals surface area contributed by atoms with Crippen molar-refractivity contribution in [3.8, 4) is 5.75 Å². The van der Waals surface area contributed by atoms with Crippen molar-refractivity contribution in [1.82, 2.24) is 4.90 Å². The molecular weight excluding hydrogens is 925 g/mol. The fourth-order valence-corrected chi connectivity index (χ4v) is 10.7. The number of fused-ring (bicyclic) bond motifs is 3. The van der Waals surface area contributed by atoms with Gasteiger partial charge in [0, 0.05) is 51.7 Å². The van der Waals surface area contributed by atoms with Gasteiger partial charge >= 0.3 is 12.1 Å². The van der Waals surface area contributed by atoms with Gasteiger partial charge in [0.2, 0.25) is 5.78 Å². The predicted molar refractivity (Wildman–Crippen MR) is 271 cm³/mol. The maximum absolute atomic E-state index is 14.5. The summed E-state index contributed by atoms with van der Waals surface area (Å²) in [6.07, 6.45) is 15.0. The van der Waals surface area contributed by atoms with Gasteiger partial charge in [-0.1, -0.05) is 64.2 Å². The number of carbonyl (C=O) groups is 5. The third-order valence-electron chi connectivity index (χ3n) is 15.1. The van der Waals surface area contributed by atoms with E-state index in [4.69, 9.17) is 28.4 Å². The number of allylic oxidation sites excluding steroid dienone is 6. The van der Waals surface area contributed by atoms with Crippen molar-refractivity contribution in [3.05, 3.63) is 82.0 Å². The standard InChI is InChI=1S/C56H80N2O14/c1-35-15-10-9-11-16-37(3)51(67-7)33-44-17-14-19-50(69-44)53(61)54(62)57-28-13-12-18-45(57)55(63)71-48(26-20-36(2)30-39(5)47(60)34-46(59)38(4)29-35)40(6)31-41-21-27-49(52(32-41)68-8)72-56(64)70-43-24-22-42(23-25-43)58(65)66/h9-11,15-16,22-25,30,35-36,38,40-41,44-45,47-52,60H,12-14,17-21,26-29,31-34H2,1-8H3/b11-9?,15-10+,37-16?,39-30+/t35-,36+,38-,40-,41+,44?,45+,47+,48+,49-,50?,51+,52-/m1/s1. The monoisotopic (exact) mass is 1000 g/mol. The number of non-ortho nitro benzene ring substituents is 1. The molecule has 0 radical (unpaired) electrons. The van der Waals surface area contributed by atoms with Crippen LogP contribution in [0.15, 0.2) is 71.9 Å². The number of hydrogen-bond acceptors (Lipinski definition) is 14. The summed E-state index contributed by atoms with van der Waals surface area (Å²) < 4.78 is 35.5. The molecule has 1 N–H and O–H groups in total. The number of aliphatic hydroxyl groups excluding tert-OH is 1. The van der Waals surface area contributed by atoms with E-state index in [1.165, 1.54) is 29.2 Å². The van der Waals surface area contributed by atoms with Gasteiger partial charge < -0.3 is 38.4 Å². The predicted octanol–water partition coefficient (Wildman–Crippen LogP) is 9.94. The van der Waals surface area contributed by atoms with Crippen LogP contribution < -0.4 is 4.74 Å². The summed E-state index contributed by atoms with van der Waals surface area (Å²) in [4.78, 5) is 80.7. The molecule has 16 heteroatoms. The van der Waals surface area contributed by atoms with Crippen LogP contribution in [-0.4, -0.2) is 114 Å². The second-order valence-electron chi connectivity index (χ2n) is 20.9.